The Morgan fingerprint density at radius 1 is 1.17 bits per heavy atom. The summed E-state index contributed by atoms with van der Waals surface area (Å²) in [7, 11) is 0. The monoisotopic (exact) mass is 470 g/mol. The van der Waals surface area contributed by atoms with Crippen LogP contribution in [-0.4, -0.2) is 44.4 Å². The SMILES string of the molecule is CC(C)(C)OC(=O)N1CCCn2c(Br)nc(C(=O)C[C@H](C(N)=O)C(C)(C)C)c2C1. The molecular weight excluding hydrogens is 440 g/mol. The fraction of sp³-hybridized carbons (Fsp3) is 0.700. The number of imidazole rings is 1. The summed E-state index contributed by atoms with van der Waals surface area (Å²) < 4.78 is 7.93. The van der Waals surface area contributed by atoms with Gasteiger partial charge in [-0.25, -0.2) is 9.78 Å². The summed E-state index contributed by atoms with van der Waals surface area (Å²) in [5, 5.41) is 0. The molecule has 0 aliphatic carbocycles. The molecule has 2 rings (SSSR count). The molecule has 29 heavy (non-hydrogen) atoms. The number of amides is 2. The van der Waals surface area contributed by atoms with Gasteiger partial charge in [0, 0.05) is 25.4 Å². The van der Waals surface area contributed by atoms with E-state index in [0.717, 1.165) is 0 Å². The number of ether oxygens (including phenoxy) is 1. The Morgan fingerprint density at radius 3 is 2.31 bits per heavy atom. The van der Waals surface area contributed by atoms with E-state index >= 15 is 0 Å². The molecule has 1 aromatic heterocycles. The smallest absolute Gasteiger partial charge is 0.410 e. The number of hydrogen-bond donors (Lipinski definition) is 1. The summed E-state index contributed by atoms with van der Waals surface area (Å²) in [5.41, 5.74) is 5.40. The molecular formula is C20H31BrN4O4. The zero-order valence-electron chi connectivity index (χ0n) is 18.0. The highest BCUT2D eigenvalue weighted by Gasteiger charge is 2.35. The van der Waals surface area contributed by atoms with Crippen LogP contribution in [0.2, 0.25) is 0 Å². The maximum atomic E-state index is 13.1. The Bertz CT molecular complexity index is 805. The van der Waals surface area contributed by atoms with Crippen LogP contribution in [0.15, 0.2) is 4.73 Å². The van der Waals surface area contributed by atoms with Gasteiger partial charge in [-0.15, -0.1) is 0 Å². The highest BCUT2D eigenvalue weighted by Crippen LogP contribution is 2.31. The summed E-state index contributed by atoms with van der Waals surface area (Å²) in [6.07, 6.45) is 0.258. The number of aromatic nitrogens is 2. The Labute approximate surface area is 180 Å². The highest BCUT2D eigenvalue weighted by atomic mass is 79.9. The average molecular weight is 471 g/mol. The molecule has 0 spiro atoms. The van der Waals surface area contributed by atoms with E-state index in [4.69, 9.17) is 10.5 Å². The second kappa shape index (κ2) is 8.45. The first-order valence-corrected chi connectivity index (χ1v) is 10.6. The topological polar surface area (TPSA) is 108 Å². The van der Waals surface area contributed by atoms with Gasteiger partial charge < -0.3 is 19.9 Å². The minimum atomic E-state index is -0.612. The second-order valence-corrected chi connectivity index (χ2v) is 10.2. The predicted molar refractivity (Wildman–Crippen MR) is 112 cm³/mol. The van der Waals surface area contributed by atoms with Crippen molar-refractivity contribution in [1.82, 2.24) is 14.5 Å². The zero-order valence-corrected chi connectivity index (χ0v) is 19.6. The van der Waals surface area contributed by atoms with Gasteiger partial charge in [0.1, 0.15) is 11.3 Å². The van der Waals surface area contributed by atoms with E-state index in [1.54, 1.807) is 4.90 Å². The number of halogens is 1. The molecule has 0 unspecified atom stereocenters. The van der Waals surface area contributed by atoms with Crippen molar-refractivity contribution in [3.63, 3.8) is 0 Å². The molecule has 1 atom stereocenters. The van der Waals surface area contributed by atoms with Crippen LogP contribution in [-0.2, 0) is 22.6 Å². The number of hydrogen-bond acceptors (Lipinski definition) is 5. The van der Waals surface area contributed by atoms with E-state index in [2.05, 4.69) is 20.9 Å². The fourth-order valence-electron chi connectivity index (χ4n) is 3.34. The first-order valence-electron chi connectivity index (χ1n) is 9.76. The molecule has 0 saturated heterocycles. The molecule has 0 radical (unpaired) electrons. The largest absolute Gasteiger partial charge is 0.444 e. The Kier molecular flexibility index (Phi) is 6.82. The van der Waals surface area contributed by atoms with Crippen molar-refractivity contribution in [1.29, 1.82) is 0 Å². The lowest BCUT2D eigenvalue weighted by Gasteiger charge is -2.27. The van der Waals surface area contributed by atoms with Crippen LogP contribution in [0.4, 0.5) is 4.79 Å². The van der Waals surface area contributed by atoms with Crippen molar-refractivity contribution in [3.05, 3.63) is 16.1 Å². The zero-order chi connectivity index (χ0) is 22.1. The number of fused-ring (bicyclic) bond motifs is 1. The maximum Gasteiger partial charge on any atom is 0.410 e. The van der Waals surface area contributed by atoms with Crippen molar-refractivity contribution in [3.8, 4) is 0 Å². The molecule has 8 nitrogen and oxygen atoms in total. The average Bonchev–Trinajstić information content (AvgIpc) is 2.73. The number of ketones is 1. The van der Waals surface area contributed by atoms with Crippen LogP contribution in [0, 0.1) is 11.3 Å². The highest BCUT2D eigenvalue weighted by molar-refractivity contribution is 9.10. The maximum absolute atomic E-state index is 13.1. The Morgan fingerprint density at radius 2 is 1.79 bits per heavy atom. The molecule has 1 aromatic rings. The summed E-state index contributed by atoms with van der Waals surface area (Å²) in [6.45, 7) is 12.4. The number of nitrogens with two attached hydrogens (primary N) is 1. The molecule has 2 heterocycles. The lowest BCUT2D eigenvalue weighted by molar-refractivity contribution is -0.124. The molecule has 0 bridgehead atoms. The molecule has 2 N–H and O–H groups in total. The Hall–Kier alpha value is -1.90. The number of rotatable bonds is 4. The molecule has 0 fully saturated rings. The van der Waals surface area contributed by atoms with Gasteiger partial charge in [-0.1, -0.05) is 20.8 Å². The quantitative estimate of drug-likeness (QED) is 0.677. The van der Waals surface area contributed by atoms with Crippen LogP contribution in [0.3, 0.4) is 0 Å². The van der Waals surface area contributed by atoms with Gasteiger partial charge in [0.25, 0.3) is 0 Å². The van der Waals surface area contributed by atoms with E-state index in [1.807, 2.05) is 46.1 Å². The molecule has 0 saturated carbocycles. The van der Waals surface area contributed by atoms with Crippen LogP contribution in [0.1, 0.15) is 70.6 Å². The van der Waals surface area contributed by atoms with E-state index in [1.165, 1.54) is 0 Å². The lowest BCUT2D eigenvalue weighted by Crippen LogP contribution is -2.37. The minimum Gasteiger partial charge on any atom is -0.444 e. The predicted octanol–water partition coefficient (Wildman–Crippen LogP) is 3.51. The van der Waals surface area contributed by atoms with E-state index in [-0.39, 0.29) is 24.4 Å². The summed E-state index contributed by atoms with van der Waals surface area (Å²) in [5.74, 6) is -1.38. The molecule has 2 amide bonds. The van der Waals surface area contributed by atoms with E-state index in [9.17, 15) is 14.4 Å². The number of nitrogens with zero attached hydrogens (tertiary/aromatic N) is 3. The molecule has 0 aromatic carbocycles. The third-order valence-corrected chi connectivity index (χ3v) is 5.48. The number of carbonyl (C=O) groups is 3. The molecule has 1 aliphatic rings. The summed E-state index contributed by atoms with van der Waals surface area (Å²) in [6, 6.07) is 0. The lowest BCUT2D eigenvalue weighted by atomic mass is 9.77. The molecule has 162 valence electrons. The van der Waals surface area contributed by atoms with Gasteiger partial charge >= 0.3 is 6.09 Å². The third-order valence-electron chi connectivity index (χ3n) is 4.87. The minimum absolute atomic E-state index is 0.0261. The first-order chi connectivity index (χ1) is 13.2. The van der Waals surface area contributed by atoms with Gasteiger partial charge in [-0.2, -0.15) is 0 Å². The van der Waals surface area contributed by atoms with Crippen LogP contribution < -0.4 is 5.73 Å². The van der Waals surface area contributed by atoms with Gasteiger partial charge in [0.05, 0.1) is 12.2 Å². The van der Waals surface area contributed by atoms with Crippen LogP contribution >= 0.6 is 15.9 Å². The number of primary amides is 1. The van der Waals surface area contributed by atoms with Gasteiger partial charge in [0.15, 0.2) is 10.5 Å². The van der Waals surface area contributed by atoms with Gasteiger partial charge in [-0.05, 0) is 48.5 Å². The molecule has 1 aliphatic heterocycles. The second-order valence-electron chi connectivity index (χ2n) is 9.53. The summed E-state index contributed by atoms with van der Waals surface area (Å²) in [4.78, 5) is 43.5. The third kappa shape index (κ3) is 5.81. The fourth-order valence-corrected chi connectivity index (χ4v) is 3.91. The van der Waals surface area contributed by atoms with Crippen molar-refractivity contribution >= 4 is 33.7 Å². The van der Waals surface area contributed by atoms with Crippen molar-refractivity contribution in [2.24, 2.45) is 17.1 Å². The number of Topliss-reactive ketones (excluding diaryl/α,β-unsaturated/α-hetero) is 1. The number of carbonyl (C=O) groups excluding carboxylic acids is 3. The van der Waals surface area contributed by atoms with Crippen molar-refractivity contribution in [2.75, 3.05) is 6.54 Å². The van der Waals surface area contributed by atoms with Crippen molar-refractivity contribution < 1.29 is 19.1 Å². The van der Waals surface area contributed by atoms with Gasteiger partial charge in [-0.3, -0.25) is 9.59 Å². The van der Waals surface area contributed by atoms with Gasteiger partial charge in [0.2, 0.25) is 5.91 Å². The summed E-state index contributed by atoms with van der Waals surface area (Å²) >= 11 is 3.42. The van der Waals surface area contributed by atoms with Crippen LogP contribution in [0.5, 0.6) is 0 Å². The standard InChI is InChI=1S/C20H31BrN4O4/c1-19(2,3)12(16(22)27)10-14(26)15-13-11-24(18(28)29-20(4,5)6)8-7-9-25(13)17(21)23-15/h12H,7-11H2,1-6H3,(H2,22,27)/t12-/m1/s1. The van der Waals surface area contributed by atoms with E-state index < -0.39 is 28.9 Å². The first kappa shape index (κ1) is 23.4. The Balaban J connectivity index is 2.32. The normalized spacial score (nSPS) is 16.0. The van der Waals surface area contributed by atoms with Crippen LogP contribution in [0.25, 0.3) is 0 Å². The van der Waals surface area contributed by atoms with Crippen molar-refractivity contribution in [2.45, 2.75) is 73.1 Å². The van der Waals surface area contributed by atoms with E-state index in [0.29, 0.717) is 29.9 Å². The molecule has 9 heteroatoms.